The Hall–Kier alpha value is 0.340. The van der Waals surface area contributed by atoms with Crippen molar-refractivity contribution in [1.29, 1.82) is 0 Å². The highest BCUT2D eigenvalue weighted by Crippen LogP contribution is 2.36. The summed E-state index contributed by atoms with van der Waals surface area (Å²) in [6.45, 7) is 0.520. The van der Waals surface area contributed by atoms with E-state index in [0.717, 1.165) is 11.3 Å². The molecule has 0 radical (unpaired) electrons. The lowest BCUT2D eigenvalue weighted by Gasteiger charge is -2.13. The summed E-state index contributed by atoms with van der Waals surface area (Å²) in [6, 6.07) is 1.43. The summed E-state index contributed by atoms with van der Waals surface area (Å²) >= 11 is 10.1. The van der Waals surface area contributed by atoms with Gasteiger partial charge in [-0.05, 0) is 28.4 Å². The minimum atomic E-state index is -3.50. The zero-order valence-electron chi connectivity index (χ0n) is 8.06. The van der Waals surface area contributed by atoms with Gasteiger partial charge in [-0.1, -0.05) is 11.6 Å². The van der Waals surface area contributed by atoms with Crippen LogP contribution in [0.25, 0.3) is 0 Å². The predicted octanol–water partition coefficient (Wildman–Crippen LogP) is 1.92. The standard InChI is InChI=1S/C8H9BrClNO3S2/c9-8-6(10)3-7(15-8)16(13,14)11-2-1-5(12)4-11/h3,5,12H,1-2,4H2. The molecule has 1 fully saturated rings. The molecule has 1 saturated heterocycles. The van der Waals surface area contributed by atoms with Crippen molar-refractivity contribution in [3.8, 4) is 0 Å². The van der Waals surface area contributed by atoms with Crippen LogP contribution in [0.15, 0.2) is 14.1 Å². The van der Waals surface area contributed by atoms with Crippen molar-refractivity contribution >= 4 is 48.9 Å². The highest BCUT2D eigenvalue weighted by atomic mass is 79.9. The predicted molar refractivity (Wildman–Crippen MR) is 66.4 cm³/mol. The second-order valence-corrected chi connectivity index (χ2v) is 8.43. The first-order valence-electron chi connectivity index (χ1n) is 4.54. The van der Waals surface area contributed by atoms with E-state index in [-0.39, 0.29) is 10.8 Å². The van der Waals surface area contributed by atoms with E-state index in [9.17, 15) is 13.5 Å². The van der Waals surface area contributed by atoms with Crippen LogP contribution in [-0.4, -0.2) is 37.0 Å². The largest absolute Gasteiger partial charge is 0.392 e. The van der Waals surface area contributed by atoms with Crippen molar-refractivity contribution in [1.82, 2.24) is 4.31 Å². The van der Waals surface area contributed by atoms with Crippen molar-refractivity contribution < 1.29 is 13.5 Å². The van der Waals surface area contributed by atoms with Gasteiger partial charge in [-0.15, -0.1) is 11.3 Å². The van der Waals surface area contributed by atoms with Crippen molar-refractivity contribution in [2.45, 2.75) is 16.7 Å². The number of hydrogen-bond acceptors (Lipinski definition) is 4. The quantitative estimate of drug-likeness (QED) is 0.890. The highest BCUT2D eigenvalue weighted by molar-refractivity contribution is 9.11. The molecule has 2 heterocycles. The van der Waals surface area contributed by atoms with Crippen molar-refractivity contribution in [3.05, 3.63) is 14.9 Å². The fourth-order valence-electron chi connectivity index (χ4n) is 1.51. The van der Waals surface area contributed by atoms with Gasteiger partial charge in [0.25, 0.3) is 10.0 Å². The number of halogens is 2. The molecule has 4 nitrogen and oxygen atoms in total. The van der Waals surface area contributed by atoms with E-state index in [1.165, 1.54) is 10.4 Å². The lowest BCUT2D eigenvalue weighted by Crippen LogP contribution is -2.29. The number of aliphatic hydroxyl groups is 1. The van der Waals surface area contributed by atoms with Crippen LogP contribution in [0.1, 0.15) is 6.42 Å². The lowest BCUT2D eigenvalue weighted by atomic mass is 10.3. The topological polar surface area (TPSA) is 57.6 Å². The molecule has 0 aromatic carbocycles. The zero-order chi connectivity index (χ0) is 11.9. The van der Waals surface area contributed by atoms with E-state index in [1.807, 2.05) is 0 Å². The van der Waals surface area contributed by atoms with Gasteiger partial charge in [0.2, 0.25) is 0 Å². The van der Waals surface area contributed by atoms with Crippen LogP contribution in [0, 0.1) is 0 Å². The van der Waals surface area contributed by atoms with E-state index >= 15 is 0 Å². The van der Waals surface area contributed by atoms with Crippen LogP contribution in [0.5, 0.6) is 0 Å². The number of sulfonamides is 1. The lowest BCUT2D eigenvalue weighted by molar-refractivity contribution is 0.189. The molecule has 2 rings (SSSR count). The van der Waals surface area contributed by atoms with Crippen molar-refractivity contribution in [2.75, 3.05) is 13.1 Å². The summed E-state index contributed by atoms with van der Waals surface area (Å²) in [7, 11) is -3.50. The van der Waals surface area contributed by atoms with Gasteiger partial charge < -0.3 is 5.11 Å². The van der Waals surface area contributed by atoms with Crippen LogP contribution >= 0.6 is 38.9 Å². The summed E-state index contributed by atoms with van der Waals surface area (Å²) in [5.41, 5.74) is 0. The summed E-state index contributed by atoms with van der Waals surface area (Å²) in [5.74, 6) is 0. The molecule has 0 saturated carbocycles. The van der Waals surface area contributed by atoms with Gasteiger partial charge in [0.15, 0.2) is 0 Å². The minimum Gasteiger partial charge on any atom is -0.392 e. The Kier molecular flexibility index (Phi) is 3.63. The van der Waals surface area contributed by atoms with Crippen molar-refractivity contribution in [2.24, 2.45) is 0 Å². The van der Waals surface area contributed by atoms with Crippen LogP contribution in [0.2, 0.25) is 5.02 Å². The fraction of sp³-hybridized carbons (Fsp3) is 0.500. The molecule has 16 heavy (non-hydrogen) atoms. The third-order valence-electron chi connectivity index (χ3n) is 2.34. The number of hydrogen-bond donors (Lipinski definition) is 1. The second kappa shape index (κ2) is 4.55. The van der Waals surface area contributed by atoms with E-state index < -0.39 is 16.1 Å². The molecule has 1 aliphatic rings. The molecule has 1 aromatic heterocycles. The summed E-state index contributed by atoms with van der Waals surface area (Å²) in [5, 5.41) is 9.72. The number of rotatable bonds is 2. The Morgan fingerprint density at radius 1 is 1.62 bits per heavy atom. The molecule has 0 spiro atoms. The average Bonchev–Trinajstić information content (AvgIpc) is 2.75. The Morgan fingerprint density at radius 2 is 2.31 bits per heavy atom. The Bertz CT molecular complexity index is 482. The van der Waals surface area contributed by atoms with E-state index in [2.05, 4.69) is 15.9 Å². The molecular weight excluding hydrogens is 338 g/mol. The Labute approximate surface area is 111 Å². The SMILES string of the molecule is O=S(=O)(c1cc(Cl)c(Br)s1)N1CCC(O)C1. The first-order chi connectivity index (χ1) is 7.41. The highest BCUT2D eigenvalue weighted by Gasteiger charge is 2.33. The zero-order valence-corrected chi connectivity index (χ0v) is 12.0. The summed E-state index contributed by atoms with van der Waals surface area (Å²) in [4.78, 5) is 0. The van der Waals surface area contributed by atoms with E-state index in [0.29, 0.717) is 21.8 Å². The van der Waals surface area contributed by atoms with E-state index in [1.54, 1.807) is 0 Å². The fourth-order valence-corrected chi connectivity index (χ4v) is 5.56. The maximum atomic E-state index is 12.1. The average molecular weight is 347 g/mol. The molecule has 0 aliphatic carbocycles. The molecule has 1 unspecified atom stereocenters. The van der Waals surface area contributed by atoms with Gasteiger partial charge in [0.05, 0.1) is 14.9 Å². The molecule has 0 bridgehead atoms. The Balaban J connectivity index is 2.32. The molecule has 0 amide bonds. The van der Waals surface area contributed by atoms with Gasteiger partial charge in [-0.2, -0.15) is 4.31 Å². The Morgan fingerprint density at radius 3 is 2.75 bits per heavy atom. The molecule has 1 aromatic rings. The number of aliphatic hydroxyl groups excluding tert-OH is 1. The summed E-state index contributed by atoms with van der Waals surface area (Å²) in [6.07, 6.45) is -0.0758. The van der Waals surface area contributed by atoms with Crippen LogP contribution < -0.4 is 0 Å². The van der Waals surface area contributed by atoms with Gasteiger partial charge in [-0.3, -0.25) is 0 Å². The van der Waals surface area contributed by atoms with Crippen LogP contribution in [0.4, 0.5) is 0 Å². The third kappa shape index (κ3) is 2.30. The van der Waals surface area contributed by atoms with Crippen LogP contribution in [0.3, 0.4) is 0 Å². The molecule has 1 atom stereocenters. The number of β-amino-alcohol motifs (C(OH)–C–C–N with tert-alkyl or cyclic N) is 1. The van der Waals surface area contributed by atoms with Gasteiger partial charge in [0, 0.05) is 13.1 Å². The molecule has 1 N–H and O–H groups in total. The van der Waals surface area contributed by atoms with Gasteiger partial charge in [-0.25, -0.2) is 8.42 Å². The van der Waals surface area contributed by atoms with Gasteiger partial charge in [0.1, 0.15) is 4.21 Å². The number of nitrogens with zero attached hydrogens (tertiary/aromatic N) is 1. The monoisotopic (exact) mass is 345 g/mol. The normalized spacial score (nSPS) is 22.8. The maximum absolute atomic E-state index is 12.1. The minimum absolute atomic E-state index is 0.162. The van der Waals surface area contributed by atoms with E-state index in [4.69, 9.17) is 11.6 Å². The molecular formula is C8H9BrClNO3S2. The smallest absolute Gasteiger partial charge is 0.252 e. The second-order valence-electron chi connectivity index (χ2n) is 3.49. The summed E-state index contributed by atoms with van der Waals surface area (Å²) < 4.78 is 26.3. The molecule has 1 aliphatic heterocycles. The number of thiophene rings is 1. The van der Waals surface area contributed by atoms with Crippen LogP contribution in [-0.2, 0) is 10.0 Å². The molecule has 90 valence electrons. The molecule has 8 heteroatoms. The van der Waals surface area contributed by atoms with Crippen molar-refractivity contribution in [3.63, 3.8) is 0 Å². The third-order valence-corrected chi connectivity index (χ3v) is 7.13. The first kappa shape index (κ1) is 12.8. The maximum Gasteiger partial charge on any atom is 0.252 e. The first-order valence-corrected chi connectivity index (χ1v) is 7.97. The van der Waals surface area contributed by atoms with Gasteiger partial charge >= 0.3 is 0 Å².